The van der Waals surface area contributed by atoms with E-state index in [0.29, 0.717) is 11.3 Å². The fourth-order valence-electron chi connectivity index (χ4n) is 1.32. The number of benzene rings is 1. The van der Waals surface area contributed by atoms with Crippen LogP contribution in [-0.2, 0) is 6.18 Å². The number of hydrogen-bond acceptors (Lipinski definition) is 1. The maximum atomic E-state index is 12.4. The molecule has 0 spiro atoms. The number of nitrogens with zero attached hydrogens (tertiary/aromatic N) is 1. The first-order chi connectivity index (χ1) is 7.57. The highest BCUT2D eigenvalue weighted by Crippen LogP contribution is 2.31. The van der Waals surface area contributed by atoms with Crippen molar-refractivity contribution in [3.63, 3.8) is 0 Å². The maximum Gasteiger partial charge on any atom is 0.417 e. The second-order valence-corrected chi connectivity index (χ2v) is 3.20. The number of halogens is 3. The van der Waals surface area contributed by atoms with Gasteiger partial charge in [0.05, 0.1) is 11.3 Å². The van der Waals surface area contributed by atoms with E-state index in [9.17, 15) is 13.2 Å². The van der Waals surface area contributed by atoms with Crippen LogP contribution in [0.4, 0.5) is 13.2 Å². The average molecular weight is 222 g/mol. The molecule has 1 aromatic heterocycles. The van der Waals surface area contributed by atoms with Gasteiger partial charge in [-0.3, -0.25) is 4.98 Å². The largest absolute Gasteiger partial charge is 0.417 e. The summed E-state index contributed by atoms with van der Waals surface area (Å²) in [5, 5.41) is 0. The third-order valence-corrected chi connectivity index (χ3v) is 2.07. The lowest BCUT2D eigenvalue weighted by molar-refractivity contribution is -0.137. The molecule has 0 saturated heterocycles. The minimum Gasteiger partial charge on any atom is -0.256 e. The van der Waals surface area contributed by atoms with Gasteiger partial charge in [0.15, 0.2) is 0 Å². The molecule has 16 heavy (non-hydrogen) atoms. The smallest absolute Gasteiger partial charge is 0.256 e. The minimum atomic E-state index is -4.37. The quantitative estimate of drug-likeness (QED) is 0.718. The predicted octanol–water partition coefficient (Wildman–Crippen LogP) is 3.57. The standard InChI is InChI=1S/C12H7F3N/c13-12(14,15)10-5-3-4-9(8-10)11-6-1-2-7-16-11/h1-4,6-8H. The van der Waals surface area contributed by atoms with Crippen molar-refractivity contribution in [2.45, 2.75) is 6.18 Å². The number of pyridine rings is 1. The van der Waals surface area contributed by atoms with Crippen LogP contribution in [-0.4, -0.2) is 4.98 Å². The Morgan fingerprint density at radius 1 is 1.12 bits per heavy atom. The molecule has 1 radical (unpaired) electrons. The van der Waals surface area contributed by atoms with Crippen LogP contribution >= 0.6 is 0 Å². The SMILES string of the molecule is FC(F)(F)c1[c]ccc(-c2ccccn2)c1. The molecule has 0 amide bonds. The highest BCUT2D eigenvalue weighted by atomic mass is 19.4. The molecule has 0 aliphatic rings. The third-order valence-electron chi connectivity index (χ3n) is 2.07. The van der Waals surface area contributed by atoms with Crippen molar-refractivity contribution < 1.29 is 13.2 Å². The first-order valence-corrected chi connectivity index (χ1v) is 4.58. The number of hydrogen-bond donors (Lipinski definition) is 0. The van der Waals surface area contributed by atoms with Gasteiger partial charge in [-0.25, -0.2) is 0 Å². The molecule has 0 saturated carbocycles. The Bertz CT molecular complexity index is 477. The van der Waals surface area contributed by atoms with Gasteiger partial charge < -0.3 is 0 Å². The van der Waals surface area contributed by atoms with Gasteiger partial charge in [0.1, 0.15) is 0 Å². The van der Waals surface area contributed by atoms with E-state index in [1.165, 1.54) is 6.07 Å². The molecule has 2 rings (SSSR count). The van der Waals surface area contributed by atoms with E-state index in [0.717, 1.165) is 6.07 Å². The highest BCUT2D eigenvalue weighted by Gasteiger charge is 2.30. The fraction of sp³-hybridized carbons (Fsp3) is 0.0833. The normalized spacial score (nSPS) is 11.4. The molecule has 1 aromatic carbocycles. The molecule has 81 valence electrons. The van der Waals surface area contributed by atoms with Crippen molar-refractivity contribution >= 4 is 0 Å². The predicted molar refractivity (Wildman–Crippen MR) is 53.5 cm³/mol. The minimum absolute atomic E-state index is 0.437. The topological polar surface area (TPSA) is 12.9 Å². The first kappa shape index (κ1) is 10.7. The summed E-state index contributed by atoms with van der Waals surface area (Å²) >= 11 is 0. The molecule has 1 heterocycles. The first-order valence-electron chi connectivity index (χ1n) is 4.58. The van der Waals surface area contributed by atoms with Crippen LogP contribution in [0.15, 0.2) is 42.6 Å². The second kappa shape index (κ2) is 3.96. The molecule has 4 heteroatoms. The second-order valence-electron chi connectivity index (χ2n) is 3.20. The summed E-state index contributed by atoms with van der Waals surface area (Å²) in [5.74, 6) is 0. The summed E-state index contributed by atoms with van der Waals surface area (Å²) < 4.78 is 37.3. The van der Waals surface area contributed by atoms with Crippen molar-refractivity contribution in [3.05, 3.63) is 54.2 Å². The molecular weight excluding hydrogens is 215 g/mol. The van der Waals surface area contributed by atoms with Gasteiger partial charge in [0.25, 0.3) is 0 Å². The molecule has 0 bridgehead atoms. The van der Waals surface area contributed by atoms with Crippen molar-refractivity contribution in [2.24, 2.45) is 0 Å². The van der Waals surface area contributed by atoms with E-state index < -0.39 is 11.7 Å². The molecule has 2 aromatic rings. The lowest BCUT2D eigenvalue weighted by Gasteiger charge is -2.07. The zero-order chi connectivity index (χ0) is 11.6. The van der Waals surface area contributed by atoms with Gasteiger partial charge in [-0.05, 0) is 24.3 Å². The van der Waals surface area contributed by atoms with Crippen LogP contribution in [0.3, 0.4) is 0 Å². The molecule has 0 unspecified atom stereocenters. The summed E-state index contributed by atoms with van der Waals surface area (Å²) in [6.07, 6.45) is -2.83. The van der Waals surface area contributed by atoms with Crippen LogP contribution in [0, 0.1) is 6.07 Å². The van der Waals surface area contributed by atoms with E-state index >= 15 is 0 Å². The van der Waals surface area contributed by atoms with Crippen molar-refractivity contribution in [2.75, 3.05) is 0 Å². The van der Waals surface area contributed by atoms with E-state index in [1.54, 1.807) is 30.5 Å². The van der Waals surface area contributed by atoms with Crippen molar-refractivity contribution in [1.82, 2.24) is 4.98 Å². The zero-order valence-electron chi connectivity index (χ0n) is 8.12. The van der Waals surface area contributed by atoms with Crippen LogP contribution in [0.5, 0.6) is 0 Å². The van der Waals surface area contributed by atoms with Crippen LogP contribution < -0.4 is 0 Å². The van der Waals surface area contributed by atoms with Gasteiger partial charge >= 0.3 is 6.18 Å². The van der Waals surface area contributed by atoms with Gasteiger partial charge in [0, 0.05) is 11.8 Å². The third kappa shape index (κ3) is 2.21. The summed E-state index contributed by atoms with van der Waals surface area (Å²) in [5.41, 5.74) is 0.171. The highest BCUT2D eigenvalue weighted by molar-refractivity contribution is 5.59. The van der Waals surface area contributed by atoms with Crippen LogP contribution in [0.25, 0.3) is 11.3 Å². The molecule has 0 aliphatic heterocycles. The number of alkyl halides is 3. The van der Waals surface area contributed by atoms with Crippen LogP contribution in [0.2, 0.25) is 0 Å². The Kier molecular flexibility index (Phi) is 2.64. The molecule has 0 fully saturated rings. The number of aromatic nitrogens is 1. The Balaban J connectivity index is 2.45. The summed E-state index contributed by atoms with van der Waals surface area (Å²) in [6.45, 7) is 0. The summed E-state index contributed by atoms with van der Waals surface area (Å²) in [7, 11) is 0. The van der Waals surface area contributed by atoms with Gasteiger partial charge in [-0.2, -0.15) is 13.2 Å². The van der Waals surface area contributed by atoms with Gasteiger partial charge in [-0.15, -0.1) is 0 Å². The summed E-state index contributed by atoms with van der Waals surface area (Å²) in [4.78, 5) is 3.99. The van der Waals surface area contributed by atoms with E-state index in [2.05, 4.69) is 11.1 Å². The lowest BCUT2D eigenvalue weighted by atomic mass is 10.1. The lowest BCUT2D eigenvalue weighted by Crippen LogP contribution is -2.04. The van der Waals surface area contributed by atoms with Crippen molar-refractivity contribution in [3.8, 4) is 11.3 Å². The molecule has 1 nitrogen and oxygen atoms in total. The monoisotopic (exact) mass is 222 g/mol. The van der Waals surface area contributed by atoms with Gasteiger partial charge in [-0.1, -0.05) is 18.2 Å². The van der Waals surface area contributed by atoms with E-state index in [-0.39, 0.29) is 0 Å². The maximum absolute atomic E-state index is 12.4. The number of rotatable bonds is 1. The molecule has 0 aliphatic carbocycles. The van der Waals surface area contributed by atoms with Crippen LogP contribution in [0.1, 0.15) is 5.56 Å². The zero-order valence-corrected chi connectivity index (χ0v) is 8.12. The Morgan fingerprint density at radius 2 is 1.94 bits per heavy atom. The average Bonchev–Trinajstić information content (AvgIpc) is 2.29. The Labute approximate surface area is 90.6 Å². The summed E-state index contributed by atoms with van der Waals surface area (Å²) in [6, 6.07) is 11.1. The van der Waals surface area contributed by atoms with Crippen molar-refractivity contribution in [1.29, 1.82) is 0 Å². The Hall–Kier alpha value is -1.84. The Morgan fingerprint density at radius 3 is 2.56 bits per heavy atom. The fourth-order valence-corrected chi connectivity index (χ4v) is 1.32. The van der Waals surface area contributed by atoms with E-state index in [1.807, 2.05) is 0 Å². The van der Waals surface area contributed by atoms with E-state index in [4.69, 9.17) is 0 Å². The van der Waals surface area contributed by atoms with Gasteiger partial charge in [0.2, 0.25) is 0 Å². The molecule has 0 atom stereocenters. The molecule has 0 N–H and O–H groups in total. The molecular formula is C12H7F3N.